The zero-order chi connectivity index (χ0) is 9.40. The van der Waals surface area contributed by atoms with Crippen molar-refractivity contribution in [2.24, 2.45) is 0 Å². The molecule has 0 radical (unpaired) electrons. The summed E-state index contributed by atoms with van der Waals surface area (Å²) in [5, 5.41) is 17.2. The molecule has 0 atom stereocenters. The molecular weight excluding hydrogens is 158 g/mol. The molecule has 0 spiro atoms. The van der Waals surface area contributed by atoms with Crippen LogP contribution in [0.25, 0.3) is 0 Å². The Balaban J connectivity index is 3.81. The molecule has 0 saturated carbocycles. The molecule has 72 valence electrons. The molecule has 2 N–H and O–H groups in total. The van der Waals surface area contributed by atoms with Gasteiger partial charge in [-0.05, 0) is 6.42 Å². The third-order valence-electron chi connectivity index (χ3n) is 1.56. The maximum absolute atomic E-state index is 11.2. The second kappa shape index (κ2) is 7.06. The van der Waals surface area contributed by atoms with E-state index in [4.69, 9.17) is 10.2 Å². The lowest BCUT2D eigenvalue weighted by Gasteiger charge is -2.20. The van der Waals surface area contributed by atoms with Gasteiger partial charge in [-0.2, -0.15) is 0 Å². The SMILES string of the molecule is CCCC(=O)N(CCO)CCO. The van der Waals surface area contributed by atoms with Crippen LogP contribution in [-0.2, 0) is 4.79 Å². The molecule has 0 fully saturated rings. The van der Waals surface area contributed by atoms with Gasteiger partial charge >= 0.3 is 0 Å². The third kappa shape index (κ3) is 4.31. The Kier molecular flexibility index (Phi) is 6.70. The van der Waals surface area contributed by atoms with E-state index >= 15 is 0 Å². The Morgan fingerprint density at radius 1 is 1.25 bits per heavy atom. The van der Waals surface area contributed by atoms with E-state index in [0.717, 1.165) is 6.42 Å². The van der Waals surface area contributed by atoms with Crippen LogP contribution in [0.15, 0.2) is 0 Å². The molecule has 1 amide bonds. The summed E-state index contributed by atoms with van der Waals surface area (Å²) < 4.78 is 0. The van der Waals surface area contributed by atoms with E-state index in [1.165, 1.54) is 4.90 Å². The van der Waals surface area contributed by atoms with Gasteiger partial charge in [0, 0.05) is 19.5 Å². The van der Waals surface area contributed by atoms with Gasteiger partial charge in [0.25, 0.3) is 0 Å². The lowest BCUT2D eigenvalue weighted by Crippen LogP contribution is -2.35. The van der Waals surface area contributed by atoms with Crippen LogP contribution in [-0.4, -0.2) is 47.3 Å². The molecule has 0 aromatic rings. The monoisotopic (exact) mass is 175 g/mol. The van der Waals surface area contributed by atoms with Gasteiger partial charge in [-0.1, -0.05) is 6.92 Å². The number of hydrogen-bond donors (Lipinski definition) is 2. The highest BCUT2D eigenvalue weighted by Gasteiger charge is 2.09. The van der Waals surface area contributed by atoms with E-state index in [2.05, 4.69) is 0 Å². The van der Waals surface area contributed by atoms with Crippen molar-refractivity contribution in [3.63, 3.8) is 0 Å². The first-order valence-corrected chi connectivity index (χ1v) is 4.25. The molecule has 0 bridgehead atoms. The Morgan fingerprint density at radius 2 is 1.75 bits per heavy atom. The molecule has 4 nitrogen and oxygen atoms in total. The summed E-state index contributed by atoms with van der Waals surface area (Å²) in [6.45, 7) is 2.47. The van der Waals surface area contributed by atoms with E-state index in [1.807, 2.05) is 6.92 Å². The highest BCUT2D eigenvalue weighted by molar-refractivity contribution is 5.76. The van der Waals surface area contributed by atoms with Crippen LogP contribution in [0.5, 0.6) is 0 Å². The standard InChI is InChI=1S/C8H17NO3/c1-2-3-8(12)9(4-6-10)5-7-11/h10-11H,2-7H2,1H3. The van der Waals surface area contributed by atoms with E-state index in [-0.39, 0.29) is 19.1 Å². The lowest BCUT2D eigenvalue weighted by atomic mass is 10.3. The fourth-order valence-corrected chi connectivity index (χ4v) is 0.975. The van der Waals surface area contributed by atoms with Gasteiger partial charge in [-0.15, -0.1) is 0 Å². The van der Waals surface area contributed by atoms with E-state index < -0.39 is 0 Å². The van der Waals surface area contributed by atoms with E-state index in [9.17, 15) is 4.79 Å². The third-order valence-corrected chi connectivity index (χ3v) is 1.56. The maximum Gasteiger partial charge on any atom is 0.222 e. The zero-order valence-corrected chi connectivity index (χ0v) is 7.49. The minimum absolute atomic E-state index is 0.000556. The largest absolute Gasteiger partial charge is 0.395 e. The first-order chi connectivity index (χ1) is 5.76. The Hall–Kier alpha value is -0.610. The first-order valence-electron chi connectivity index (χ1n) is 4.25. The zero-order valence-electron chi connectivity index (χ0n) is 7.49. The number of aliphatic hydroxyl groups is 2. The second-order valence-corrected chi connectivity index (χ2v) is 2.58. The molecule has 0 aromatic carbocycles. The number of amides is 1. The molecule has 0 aliphatic rings. The molecule has 0 unspecified atom stereocenters. The minimum atomic E-state index is -0.0462. The normalized spacial score (nSPS) is 9.92. The van der Waals surface area contributed by atoms with E-state index in [0.29, 0.717) is 19.5 Å². The number of rotatable bonds is 6. The molecule has 0 heterocycles. The van der Waals surface area contributed by atoms with Crippen LogP contribution < -0.4 is 0 Å². The van der Waals surface area contributed by atoms with Crippen molar-refractivity contribution < 1.29 is 15.0 Å². The quantitative estimate of drug-likeness (QED) is 0.577. The second-order valence-electron chi connectivity index (χ2n) is 2.58. The predicted molar refractivity (Wildman–Crippen MR) is 45.7 cm³/mol. The van der Waals surface area contributed by atoms with Crippen molar-refractivity contribution in [1.29, 1.82) is 0 Å². The van der Waals surface area contributed by atoms with Crippen molar-refractivity contribution in [3.05, 3.63) is 0 Å². The summed E-state index contributed by atoms with van der Waals surface area (Å²) in [4.78, 5) is 12.7. The van der Waals surface area contributed by atoms with Crippen molar-refractivity contribution in [2.75, 3.05) is 26.3 Å². The molecular formula is C8H17NO3. The van der Waals surface area contributed by atoms with Gasteiger partial charge in [0.1, 0.15) is 0 Å². The average Bonchev–Trinajstić information content (AvgIpc) is 2.04. The lowest BCUT2D eigenvalue weighted by molar-refractivity contribution is -0.132. The van der Waals surface area contributed by atoms with Crippen molar-refractivity contribution in [3.8, 4) is 0 Å². The van der Waals surface area contributed by atoms with Crippen molar-refractivity contribution in [1.82, 2.24) is 4.90 Å². The van der Waals surface area contributed by atoms with Crippen LogP contribution in [0, 0.1) is 0 Å². The van der Waals surface area contributed by atoms with Crippen molar-refractivity contribution >= 4 is 5.91 Å². The molecule has 0 aliphatic heterocycles. The van der Waals surface area contributed by atoms with Gasteiger partial charge < -0.3 is 15.1 Å². The van der Waals surface area contributed by atoms with Crippen LogP contribution >= 0.6 is 0 Å². The van der Waals surface area contributed by atoms with E-state index in [1.54, 1.807) is 0 Å². The number of hydrogen-bond acceptors (Lipinski definition) is 3. The molecule has 4 heteroatoms. The molecule has 0 aliphatic carbocycles. The highest BCUT2D eigenvalue weighted by Crippen LogP contribution is 1.96. The molecule has 0 saturated heterocycles. The summed E-state index contributed by atoms with van der Waals surface area (Å²) >= 11 is 0. The minimum Gasteiger partial charge on any atom is -0.395 e. The predicted octanol–water partition coefficient (Wildman–Crippen LogP) is -0.400. The fourth-order valence-electron chi connectivity index (χ4n) is 0.975. The smallest absolute Gasteiger partial charge is 0.222 e. The number of carbonyl (C=O) groups is 1. The van der Waals surface area contributed by atoms with Gasteiger partial charge in [-0.25, -0.2) is 0 Å². The van der Waals surface area contributed by atoms with Crippen LogP contribution in [0.3, 0.4) is 0 Å². The average molecular weight is 175 g/mol. The van der Waals surface area contributed by atoms with Crippen LogP contribution in [0.2, 0.25) is 0 Å². The van der Waals surface area contributed by atoms with Crippen molar-refractivity contribution in [2.45, 2.75) is 19.8 Å². The topological polar surface area (TPSA) is 60.8 Å². The summed E-state index contributed by atoms with van der Waals surface area (Å²) in [5.74, 6) is 0.000556. The maximum atomic E-state index is 11.2. The van der Waals surface area contributed by atoms with Crippen LogP contribution in [0.4, 0.5) is 0 Å². The van der Waals surface area contributed by atoms with Gasteiger partial charge in [0.05, 0.1) is 13.2 Å². The Morgan fingerprint density at radius 3 is 2.08 bits per heavy atom. The Bertz CT molecular complexity index is 121. The number of aliphatic hydroxyl groups excluding tert-OH is 2. The number of nitrogens with zero attached hydrogens (tertiary/aromatic N) is 1. The van der Waals surface area contributed by atoms with Crippen LogP contribution in [0.1, 0.15) is 19.8 Å². The summed E-state index contributed by atoms with van der Waals surface area (Å²) in [6, 6.07) is 0. The molecule has 12 heavy (non-hydrogen) atoms. The fraction of sp³-hybridized carbons (Fsp3) is 0.875. The molecule has 0 aromatic heterocycles. The first kappa shape index (κ1) is 11.4. The number of carbonyl (C=O) groups excluding carboxylic acids is 1. The summed E-state index contributed by atoms with van der Waals surface area (Å²) in [7, 11) is 0. The van der Waals surface area contributed by atoms with Gasteiger partial charge in [0.2, 0.25) is 5.91 Å². The van der Waals surface area contributed by atoms with Gasteiger partial charge in [0.15, 0.2) is 0 Å². The molecule has 0 rings (SSSR count). The highest BCUT2D eigenvalue weighted by atomic mass is 16.3. The van der Waals surface area contributed by atoms with Gasteiger partial charge in [-0.3, -0.25) is 4.79 Å². The summed E-state index contributed by atoms with van der Waals surface area (Å²) in [6.07, 6.45) is 1.28. The Labute approximate surface area is 72.8 Å². The summed E-state index contributed by atoms with van der Waals surface area (Å²) in [5.41, 5.74) is 0.